The van der Waals surface area contributed by atoms with E-state index in [0.29, 0.717) is 13.1 Å². The molecule has 0 unspecified atom stereocenters. The van der Waals surface area contributed by atoms with Crippen molar-refractivity contribution in [2.75, 3.05) is 25.4 Å². The zero-order valence-electron chi connectivity index (χ0n) is 18.4. The van der Waals surface area contributed by atoms with E-state index in [1.54, 1.807) is 0 Å². The molecule has 4 nitrogen and oxygen atoms in total. The van der Waals surface area contributed by atoms with Crippen LogP contribution >= 0.6 is 11.8 Å². The Kier molecular flexibility index (Phi) is 7.01. The zero-order chi connectivity index (χ0) is 21.7. The number of carbonyl (C=O) groups excluding carboxylic acids is 2. The van der Waals surface area contributed by atoms with Gasteiger partial charge >= 0.3 is 0 Å². The predicted molar refractivity (Wildman–Crippen MR) is 127 cm³/mol. The normalized spacial score (nSPS) is 17.8. The summed E-state index contributed by atoms with van der Waals surface area (Å²) >= 11 is 1.88. The Labute approximate surface area is 190 Å². The molecule has 2 aromatic carbocycles. The molecule has 0 atom stereocenters. The molecule has 2 amide bonds. The van der Waals surface area contributed by atoms with E-state index in [0.717, 1.165) is 42.7 Å². The van der Waals surface area contributed by atoms with Gasteiger partial charge in [0.15, 0.2) is 0 Å². The number of nitrogens with zero attached hydrogens (tertiary/aromatic N) is 2. The topological polar surface area (TPSA) is 40.6 Å². The molecule has 0 radical (unpaired) electrons. The number of piperidine rings is 1. The van der Waals surface area contributed by atoms with Gasteiger partial charge in [0.1, 0.15) is 0 Å². The third-order valence-electron chi connectivity index (χ3n) is 6.55. The molecule has 2 aliphatic rings. The lowest BCUT2D eigenvalue weighted by atomic mass is 9.99. The number of thioether (sulfide) groups is 1. The Morgan fingerprint density at radius 2 is 1.55 bits per heavy atom. The van der Waals surface area contributed by atoms with Gasteiger partial charge in [-0.2, -0.15) is 0 Å². The van der Waals surface area contributed by atoms with Crippen LogP contribution < -0.4 is 0 Å². The van der Waals surface area contributed by atoms with E-state index in [9.17, 15) is 9.59 Å². The number of hydrogen-bond donors (Lipinski definition) is 0. The molecule has 0 bridgehead atoms. The molecule has 0 saturated carbocycles. The Balaban J connectivity index is 1.37. The Bertz CT molecular complexity index is 889. The van der Waals surface area contributed by atoms with Gasteiger partial charge in [0.2, 0.25) is 0 Å². The van der Waals surface area contributed by atoms with Gasteiger partial charge in [-0.25, -0.2) is 0 Å². The number of benzene rings is 2. The van der Waals surface area contributed by atoms with Crippen LogP contribution in [0, 0.1) is 0 Å². The fourth-order valence-corrected chi connectivity index (χ4v) is 6.14. The average molecular weight is 437 g/mol. The molecule has 2 fully saturated rings. The fraction of sp³-hybridized carbons (Fsp3) is 0.462. The maximum Gasteiger partial charge on any atom is 0.254 e. The molecular formula is C26H32N2O2S. The van der Waals surface area contributed by atoms with Gasteiger partial charge in [-0.1, -0.05) is 50.1 Å². The summed E-state index contributed by atoms with van der Waals surface area (Å²) < 4.78 is 0. The summed E-state index contributed by atoms with van der Waals surface area (Å²) in [5.41, 5.74) is 2.83. The second kappa shape index (κ2) is 9.90. The van der Waals surface area contributed by atoms with E-state index in [2.05, 4.69) is 24.0 Å². The van der Waals surface area contributed by atoms with Crippen molar-refractivity contribution < 1.29 is 9.59 Å². The van der Waals surface area contributed by atoms with Crippen LogP contribution in [0.15, 0.2) is 54.6 Å². The molecule has 164 valence electrons. The second-order valence-corrected chi connectivity index (χ2v) is 10.0. The van der Waals surface area contributed by atoms with Crippen LogP contribution in [0.1, 0.15) is 65.3 Å². The first kappa shape index (κ1) is 21.9. The number of amides is 2. The maximum atomic E-state index is 13.1. The van der Waals surface area contributed by atoms with Crippen molar-refractivity contribution in [3.63, 3.8) is 0 Å². The lowest BCUT2D eigenvalue weighted by molar-refractivity contribution is 0.0498. The lowest BCUT2D eigenvalue weighted by Gasteiger charge is -2.44. The summed E-state index contributed by atoms with van der Waals surface area (Å²) in [6.45, 7) is 4.39. The van der Waals surface area contributed by atoms with Crippen LogP contribution in [-0.4, -0.2) is 51.9 Å². The molecule has 0 aromatic heterocycles. The smallest absolute Gasteiger partial charge is 0.254 e. The quantitative estimate of drug-likeness (QED) is 0.582. The van der Waals surface area contributed by atoms with Crippen molar-refractivity contribution in [3.05, 3.63) is 71.3 Å². The zero-order valence-corrected chi connectivity index (χ0v) is 19.2. The summed E-state index contributed by atoms with van der Waals surface area (Å²) in [7, 11) is 0. The molecule has 0 N–H and O–H groups in total. The summed E-state index contributed by atoms with van der Waals surface area (Å²) in [6.07, 6.45) is 6.41. The lowest BCUT2D eigenvalue weighted by Crippen LogP contribution is -2.53. The molecule has 5 heteroatoms. The van der Waals surface area contributed by atoms with Gasteiger partial charge < -0.3 is 9.80 Å². The number of likely N-dealkylation sites (tertiary alicyclic amines) is 1. The standard InChI is InChI=1S/C26H32N2O2S/c1-2-3-5-8-21-11-13-23(14-12-21)24(29)27-17-15-26(16-18-27)28(19-20-31-26)25(30)22-9-6-4-7-10-22/h4,6-7,9-14H,2-3,5,8,15-20H2,1H3. The van der Waals surface area contributed by atoms with Gasteiger partial charge in [0.05, 0.1) is 4.87 Å². The van der Waals surface area contributed by atoms with Crippen molar-refractivity contribution >= 4 is 23.6 Å². The van der Waals surface area contributed by atoms with Crippen LogP contribution in [0.5, 0.6) is 0 Å². The molecule has 1 spiro atoms. The minimum absolute atomic E-state index is 0.110. The molecule has 0 aliphatic carbocycles. The van der Waals surface area contributed by atoms with Gasteiger partial charge in [-0.15, -0.1) is 11.8 Å². The first-order valence-corrected chi connectivity index (χ1v) is 12.5. The van der Waals surface area contributed by atoms with Gasteiger partial charge in [-0.3, -0.25) is 9.59 Å². The highest BCUT2D eigenvalue weighted by molar-refractivity contribution is 8.00. The minimum Gasteiger partial charge on any atom is -0.338 e. The third kappa shape index (κ3) is 4.82. The molecule has 2 aromatic rings. The highest BCUT2D eigenvalue weighted by atomic mass is 32.2. The second-order valence-electron chi connectivity index (χ2n) is 8.56. The largest absolute Gasteiger partial charge is 0.338 e. The van der Waals surface area contributed by atoms with Crippen molar-refractivity contribution in [2.24, 2.45) is 0 Å². The molecule has 2 aliphatic heterocycles. The highest BCUT2D eigenvalue weighted by Gasteiger charge is 2.47. The Morgan fingerprint density at radius 1 is 0.871 bits per heavy atom. The van der Waals surface area contributed by atoms with Crippen LogP contribution in [0.2, 0.25) is 0 Å². The summed E-state index contributed by atoms with van der Waals surface area (Å²) in [6, 6.07) is 17.7. The molecule has 31 heavy (non-hydrogen) atoms. The Hall–Kier alpha value is -2.27. The molecule has 4 rings (SSSR count). The van der Waals surface area contributed by atoms with Crippen LogP contribution in [0.3, 0.4) is 0 Å². The van der Waals surface area contributed by atoms with Crippen LogP contribution in [0.4, 0.5) is 0 Å². The molecular weight excluding hydrogens is 404 g/mol. The number of carbonyl (C=O) groups is 2. The van der Waals surface area contributed by atoms with Crippen molar-refractivity contribution in [2.45, 2.75) is 50.3 Å². The van der Waals surface area contributed by atoms with Gasteiger partial charge in [-0.05, 0) is 55.5 Å². The number of hydrogen-bond acceptors (Lipinski definition) is 3. The third-order valence-corrected chi connectivity index (χ3v) is 8.10. The minimum atomic E-state index is -0.174. The summed E-state index contributed by atoms with van der Waals surface area (Å²) in [4.78, 5) is 30.0. The maximum absolute atomic E-state index is 13.1. The SMILES string of the molecule is CCCCCc1ccc(C(=O)N2CCC3(CC2)SCCN3C(=O)c2ccccc2)cc1. The molecule has 2 saturated heterocycles. The average Bonchev–Trinajstić information content (AvgIpc) is 3.22. The van der Waals surface area contributed by atoms with Gasteiger partial charge in [0, 0.05) is 36.5 Å². The van der Waals surface area contributed by atoms with Crippen molar-refractivity contribution in [1.82, 2.24) is 9.80 Å². The van der Waals surface area contributed by atoms with E-state index in [1.165, 1.54) is 24.8 Å². The van der Waals surface area contributed by atoms with Crippen LogP contribution in [-0.2, 0) is 6.42 Å². The van der Waals surface area contributed by atoms with Crippen molar-refractivity contribution in [1.29, 1.82) is 0 Å². The van der Waals surface area contributed by atoms with E-state index in [-0.39, 0.29) is 16.7 Å². The monoisotopic (exact) mass is 436 g/mol. The van der Waals surface area contributed by atoms with Gasteiger partial charge in [0.25, 0.3) is 11.8 Å². The van der Waals surface area contributed by atoms with E-state index in [4.69, 9.17) is 0 Å². The summed E-state index contributed by atoms with van der Waals surface area (Å²) in [5, 5.41) is 0. The van der Waals surface area contributed by atoms with Crippen molar-refractivity contribution in [3.8, 4) is 0 Å². The summed E-state index contributed by atoms with van der Waals surface area (Å²) in [5.74, 6) is 1.19. The number of aryl methyl sites for hydroxylation is 1. The van der Waals surface area contributed by atoms with E-state index in [1.807, 2.05) is 59.1 Å². The van der Waals surface area contributed by atoms with Crippen LogP contribution in [0.25, 0.3) is 0 Å². The first-order valence-electron chi connectivity index (χ1n) is 11.5. The first-order chi connectivity index (χ1) is 15.1. The number of rotatable bonds is 6. The predicted octanol–water partition coefficient (Wildman–Crippen LogP) is 5.24. The highest BCUT2D eigenvalue weighted by Crippen LogP contribution is 2.44. The van der Waals surface area contributed by atoms with E-state index < -0.39 is 0 Å². The molecule has 2 heterocycles. The van der Waals surface area contributed by atoms with E-state index >= 15 is 0 Å². The Morgan fingerprint density at radius 3 is 2.23 bits per heavy atom. The number of unbranched alkanes of at least 4 members (excludes halogenated alkanes) is 2. The fourth-order valence-electron chi connectivity index (χ4n) is 4.68.